The molecule has 0 saturated heterocycles. The summed E-state index contributed by atoms with van der Waals surface area (Å²) < 4.78 is 16.3. The average Bonchev–Trinajstić information content (AvgIpc) is 3.11. The molecule has 0 aliphatic carbocycles. The van der Waals surface area contributed by atoms with Gasteiger partial charge in [0, 0.05) is 6.04 Å². The van der Waals surface area contributed by atoms with E-state index in [1.165, 1.54) is 0 Å². The molecule has 2 aromatic rings. The van der Waals surface area contributed by atoms with Crippen molar-refractivity contribution < 1.29 is 18.7 Å². The van der Waals surface area contributed by atoms with Crippen LogP contribution in [0.2, 0.25) is 0 Å². The van der Waals surface area contributed by atoms with Gasteiger partial charge in [0.15, 0.2) is 11.5 Å². The third-order valence-electron chi connectivity index (χ3n) is 3.67. The lowest BCUT2D eigenvalue weighted by Gasteiger charge is -2.21. The number of furan rings is 1. The molecule has 1 aliphatic rings. The molecule has 6 nitrogen and oxygen atoms in total. The molecule has 1 aromatic carbocycles. The van der Waals surface area contributed by atoms with Gasteiger partial charge in [0.1, 0.15) is 19.0 Å². The molecule has 0 bridgehead atoms. The van der Waals surface area contributed by atoms with Crippen molar-refractivity contribution in [3.63, 3.8) is 0 Å². The topological polar surface area (TPSA) is 72.7 Å². The molecule has 0 fully saturated rings. The minimum atomic E-state index is -0.0780. The van der Waals surface area contributed by atoms with Gasteiger partial charge in [0.05, 0.1) is 19.4 Å². The number of hydrogen-bond donors (Lipinski definition) is 2. The second-order valence-corrected chi connectivity index (χ2v) is 5.36. The zero-order valence-corrected chi connectivity index (χ0v) is 13.0. The van der Waals surface area contributed by atoms with Gasteiger partial charge in [-0.2, -0.15) is 0 Å². The number of hydrogen-bond acceptors (Lipinski definition) is 5. The number of rotatable bonds is 6. The highest BCUT2D eigenvalue weighted by molar-refractivity contribution is 5.77. The Labute approximate surface area is 134 Å². The highest BCUT2D eigenvalue weighted by Crippen LogP contribution is 2.32. The van der Waals surface area contributed by atoms with Crippen molar-refractivity contribution in [2.75, 3.05) is 19.8 Å². The first kappa shape index (κ1) is 15.4. The molecule has 0 spiro atoms. The molecule has 23 heavy (non-hydrogen) atoms. The Morgan fingerprint density at radius 2 is 2.04 bits per heavy atom. The average molecular weight is 316 g/mol. The summed E-state index contributed by atoms with van der Waals surface area (Å²) in [5.41, 5.74) is 1.05. The van der Waals surface area contributed by atoms with Crippen molar-refractivity contribution in [1.82, 2.24) is 10.6 Å². The van der Waals surface area contributed by atoms with Crippen LogP contribution in [0.3, 0.4) is 0 Å². The van der Waals surface area contributed by atoms with Crippen molar-refractivity contribution in [2.24, 2.45) is 0 Å². The highest BCUT2D eigenvalue weighted by Gasteiger charge is 2.15. The number of benzene rings is 1. The van der Waals surface area contributed by atoms with Crippen LogP contribution in [0.15, 0.2) is 41.0 Å². The number of amides is 1. The van der Waals surface area contributed by atoms with Gasteiger partial charge in [-0.1, -0.05) is 6.07 Å². The van der Waals surface area contributed by atoms with E-state index in [4.69, 9.17) is 13.9 Å². The first-order valence-corrected chi connectivity index (χ1v) is 7.64. The predicted octanol–water partition coefficient (Wildman–Crippen LogP) is 2.02. The molecule has 1 amide bonds. The fraction of sp³-hybridized carbons (Fsp3) is 0.353. The van der Waals surface area contributed by atoms with Crippen LogP contribution in [-0.2, 0) is 11.3 Å². The van der Waals surface area contributed by atoms with E-state index in [1.54, 1.807) is 12.3 Å². The highest BCUT2D eigenvalue weighted by atomic mass is 16.6. The van der Waals surface area contributed by atoms with Gasteiger partial charge in [-0.05, 0) is 36.8 Å². The third kappa shape index (κ3) is 4.04. The molecule has 0 saturated carbocycles. The van der Waals surface area contributed by atoms with E-state index < -0.39 is 0 Å². The molecule has 3 rings (SSSR count). The van der Waals surface area contributed by atoms with Crippen molar-refractivity contribution in [2.45, 2.75) is 19.5 Å². The fourth-order valence-corrected chi connectivity index (χ4v) is 2.35. The molecule has 1 aliphatic heterocycles. The van der Waals surface area contributed by atoms with Gasteiger partial charge in [0.2, 0.25) is 5.91 Å². The number of carbonyl (C=O) groups excluding carboxylic acids is 1. The molecule has 2 heterocycles. The fourth-order valence-electron chi connectivity index (χ4n) is 2.35. The standard InChI is InChI=1S/C17H20N2O4/c1-12(13-4-5-15-16(9-13)23-8-7-22-15)18-11-17(20)19-10-14-3-2-6-21-14/h2-6,9,12,18H,7-8,10-11H2,1H3,(H,19,20)/t12-/m0/s1. The largest absolute Gasteiger partial charge is 0.486 e. The zero-order chi connectivity index (χ0) is 16.1. The van der Waals surface area contributed by atoms with E-state index in [1.807, 2.05) is 31.2 Å². The summed E-state index contributed by atoms with van der Waals surface area (Å²) in [6.07, 6.45) is 1.59. The molecule has 122 valence electrons. The Bertz CT molecular complexity index is 655. The smallest absolute Gasteiger partial charge is 0.234 e. The Balaban J connectivity index is 1.48. The predicted molar refractivity (Wildman–Crippen MR) is 84.4 cm³/mol. The second-order valence-electron chi connectivity index (χ2n) is 5.36. The van der Waals surface area contributed by atoms with Crippen LogP contribution in [0.4, 0.5) is 0 Å². The first-order valence-electron chi connectivity index (χ1n) is 7.64. The second kappa shape index (κ2) is 7.19. The SMILES string of the molecule is C[C@H](NCC(=O)NCc1ccco1)c1ccc2c(c1)OCCO2. The van der Waals surface area contributed by atoms with Crippen molar-refractivity contribution in [3.8, 4) is 11.5 Å². The lowest BCUT2D eigenvalue weighted by atomic mass is 10.1. The number of ether oxygens (including phenoxy) is 2. The normalized spacial score (nSPS) is 14.3. The van der Waals surface area contributed by atoms with Gasteiger partial charge >= 0.3 is 0 Å². The van der Waals surface area contributed by atoms with Gasteiger partial charge in [-0.15, -0.1) is 0 Å². The quantitative estimate of drug-likeness (QED) is 0.853. The van der Waals surface area contributed by atoms with Crippen LogP contribution >= 0.6 is 0 Å². The van der Waals surface area contributed by atoms with Crippen LogP contribution in [0.1, 0.15) is 24.3 Å². The van der Waals surface area contributed by atoms with Crippen molar-refractivity contribution in [1.29, 1.82) is 0 Å². The summed E-state index contributed by atoms with van der Waals surface area (Å²) in [6.45, 7) is 3.77. The van der Waals surface area contributed by atoms with E-state index in [0.29, 0.717) is 19.8 Å². The summed E-state index contributed by atoms with van der Waals surface area (Å²) in [4.78, 5) is 11.8. The van der Waals surface area contributed by atoms with E-state index in [2.05, 4.69) is 10.6 Å². The molecule has 2 N–H and O–H groups in total. The summed E-state index contributed by atoms with van der Waals surface area (Å²) in [6, 6.07) is 9.48. The Morgan fingerprint density at radius 3 is 2.83 bits per heavy atom. The summed E-state index contributed by atoms with van der Waals surface area (Å²) in [5, 5.41) is 6.00. The van der Waals surface area contributed by atoms with E-state index in [9.17, 15) is 4.79 Å². The maximum atomic E-state index is 11.8. The summed E-state index contributed by atoms with van der Waals surface area (Å²) >= 11 is 0. The summed E-state index contributed by atoms with van der Waals surface area (Å²) in [7, 11) is 0. The molecule has 0 radical (unpaired) electrons. The lowest BCUT2D eigenvalue weighted by molar-refractivity contribution is -0.120. The lowest BCUT2D eigenvalue weighted by Crippen LogP contribution is -2.34. The maximum absolute atomic E-state index is 11.8. The Hall–Kier alpha value is -2.47. The minimum absolute atomic E-state index is 0.0280. The Morgan fingerprint density at radius 1 is 1.22 bits per heavy atom. The minimum Gasteiger partial charge on any atom is -0.486 e. The van der Waals surface area contributed by atoms with Gasteiger partial charge in [-0.25, -0.2) is 0 Å². The van der Waals surface area contributed by atoms with Crippen molar-refractivity contribution >= 4 is 5.91 Å². The molecular formula is C17H20N2O4. The molecule has 1 aromatic heterocycles. The molecule has 0 unspecified atom stereocenters. The van der Waals surface area contributed by atoms with Crippen molar-refractivity contribution in [3.05, 3.63) is 47.9 Å². The van der Waals surface area contributed by atoms with Crippen LogP contribution in [0, 0.1) is 0 Å². The first-order chi connectivity index (χ1) is 11.2. The number of fused-ring (bicyclic) bond motifs is 1. The molecule has 1 atom stereocenters. The molecule has 6 heteroatoms. The molecular weight excluding hydrogens is 296 g/mol. The van der Waals surface area contributed by atoms with E-state index in [-0.39, 0.29) is 18.5 Å². The van der Waals surface area contributed by atoms with E-state index in [0.717, 1.165) is 22.8 Å². The maximum Gasteiger partial charge on any atom is 0.234 e. The van der Waals surface area contributed by atoms with Gasteiger partial charge in [-0.3, -0.25) is 4.79 Å². The monoisotopic (exact) mass is 316 g/mol. The van der Waals surface area contributed by atoms with Crippen LogP contribution < -0.4 is 20.1 Å². The van der Waals surface area contributed by atoms with Gasteiger partial charge in [0.25, 0.3) is 0 Å². The van der Waals surface area contributed by atoms with Crippen LogP contribution in [-0.4, -0.2) is 25.7 Å². The van der Waals surface area contributed by atoms with Crippen LogP contribution in [0.25, 0.3) is 0 Å². The number of nitrogens with one attached hydrogen (secondary N) is 2. The number of carbonyl (C=O) groups is 1. The van der Waals surface area contributed by atoms with E-state index >= 15 is 0 Å². The third-order valence-corrected chi connectivity index (χ3v) is 3.67. The summed E-state index contributed by atoms with van der Waals surface area (Å²) in [5.74, 6) is 2.18. The van der Waals surface area contributed by atoms with Gasteiger partial charge < -0.3 is 24.5 Å². The zero-order valence-electron chi connectivity index (χ0n) is 13.0. The van der Waals surface area contributed by atoms with Crippen LogP contribution in [0.5, 0.6) is 11.5 Å². The Kier molecular flexibility index (Phi) is 4.83.